The number of ether oxygens (including phenoxy) is 1. The Balaban J connectivity index is 2.55. The van der Waals surface area contributed by atoms with Crippen LogP contribution >= 0.6 is 0 Å². The van der Waals surface area contributed by atoms with Gasteiger partial charge in [0.1, 0.15) is 6.10 Å². The van der Waals surface area contributed by atoms with Crippen molar-refractivity contribution in [2.75, 3.05) is 6.61 Å². The first-order valence-electron chi connectivity index (χ1n) is 2.56. The van der Waals surface area contributed by atoms with Gasteiger partial charge in [-0.3, -0.25) is 9.59 Å². The molecule has 10 heavy (non-hydrogen) atoms. The van der Waals surface area contributed by atoms with Crippen molar-refractivity contribution in [2.24, 2.45) is 0 Å². The van der Waals surface area contributed by atoms with Crippen LogP contribution < -0.4 is 0 Å². The third-order valence-electron chi connectivity index (χ3n) is 1.04. The fourth-order valence-electron chi connectivity index (χ4n) is 0.451. The molecule has 1 saturated heterocycles. The van der Waals surface area contributed by atoms with Gasteiger partial charge in [-0.05, 0) is 0 Å². The Morgan fingerprint density at radius 2 is 1.90 bits per heavy atom. The molecule has 1 unspecified atom stereocenters. The van der Waals surface area contributed by atoms with Crippen LogP contribution in [0.4, 0.5) is 0 Å². The molecule has 54 valence electrons. The topological polar surface area (TPSA) is 84.0 Å². The van der Waals surface area contributed by atoms with Crippen LogP contribution in [-0.4, -0.2) is 35.4 Å². The molecule has 5 nitrogen and oxygen atoms in total. The predicted molar refractivity (Wildman–Crippen MR) is 27.4 cm³/mol. The molecule has 0 spiro atoms. The molecule has 0 aromatic carbocycles. The van der Waals surface area contributed by atoms with Crippen molar-refractivity contribution in [3.63, 3.8) is 0 Å². The summed E-state index contributed by atoms with van der Waals surface area (Å²) in [6.07, 6.45) is -0.788. The summed E-state index contributed by atoms with van der Waals surface area (Å²) in [6.45, 7) is 0.165. The van der Waals surface area contributed by atoms with Crippen molar-refractivity contribution in [3.8, 4) is 0 Å². The molecule has 1 heterocycles. The number of ketones is 2. The van der Waals surface area contributed by atoms with Gasteiger partial charge in [0.05, 0.1) is 6.61 Å². The Kier molecular flexibility index (Phi) is 1.50. The summed E-state index contributed by atoms with van der Waals surface area (Å²) < 4.78 is 4.41. The minimum atomic E-state index is -1.72. The van der Waals surface area contributed by atoms with Gasteiger partial charge < -0.3 is 9.84 Å². The first-order valence-corrected chi connectivity index (χ1v) is 2.56. The second-order valence-corrected chi connectivity index (χ2v) is 1.82. The predicted octanol–water partition coefficient (Wildman–Crippen LogP) is -1.39. The monoisotopic (exact) mass is 144 g/mol. The van der Waals surface area contributed by atoms with Gasteiger partial charge in [-0.2, -0.15) is 0 Å². The van der Waals surface area contributed by atoms with E-state index in [1.807, 2.05) is 0 Å². The second-order valence-electron chi connectivity index (χ2n) is 1.82. The quantitative estimate of drug-likeness (QED) is 0.299. The van der Waals surface area contributed by atoms with Crippen LogP contribution in [0.1, 0.15) is 0 Å². The van der Waals surface area contributed by atoms with Gasteiger partial charge in [-0.15, -0.1) is 0 Å². The number of epoxide rings is 1. The highest BCUT2D eigenvalue weighted by Gasteiger charge is 2.38. The summed E-state index contributed by atoms with van der Waals surface area (Å²) in [7, 11) is 0. The standard InChI is InChI=1S/C5H4O5/c6-3(2-1-10-2)4(7)5(8)9/h2H,1H2,(H,8,9). The first-order chi connectivity index (χ1) is 4.63. The minimum absolute atomic E-state index is 0.165. The number of carboxylic acids is 1. The van der Waals surface area contributed by atoms with Gasteiger partial charge in [0.25, 0.3) is 0 Å². The highest BCUT2D eigenvalue weighted by atomic mass is 16.6. The van der Waals surface area contributed by atoms with Crippen LogP contribution in [0.2, 0.25) is 0 Å². The minimum Gasteiger partial charge on any atom is -0.475 e. The van der Waals surface area contributed by atoms with E-state index in [9.17, 15) is 14.4 Å². The van der Waals surface area contributed by atoms with E-state index in [1.165, 1.54) is 0 Å². The Hall–Kier alpha value is -1.23. The van der Waals surface area contributed by atoms with E-state index in [1.54, 1.807) is 0 Å². The molecular weight excluding hydrogens is 140 g/mol. The third-order valence-corrected chi connectivity index (χ3v) is 1.04. The maximum Gasteiger partial charge on any atom is 0.380 e. The molecule has 0 radical (unpaired) electrons. The molecule has 1 rings (SSSR count). The number of hydrogen-bond acceptors (Lipinski definition) is 4. The van der Waals surface area contributed by atoms with E-state index in [0.717, 1.165) is 0 Å². The summed E-state index contributed by atoms with van der Waals surface area (Å²) in [5.41, 5.74) is 0. The van der Waals surface area contributed by atoms with Gasteiger partial charge >= 0.3 is 11.8 Å². The van der Waals surface area contributed by atoms with E-state index in [4.69, 9.17) is 5.11 Å². The Morgan fingerprint density at radius 3 is 2.20 bits per heavy atom. The molecule has 1 aliphatic heterocycles. The van der Waals surface area contributed by atoms with Crippen LogP contribution in [-0.2, 0) is 19.1 Å². The zero-order valence-electron chi connectivity index (χ0n) is 4.86. The number of hydrogen-bond donors (Lipinski definition) is 1. The van der Waals surface area contributed by atoms with E-state index in [-0.39, 0.29) is 6.61 Å². The molecule has 1 fully saturated rings. The fraction of sp³-hybridized carbons (Fsp3) is 0.400. The Labute approximate surface area is 55.6 Å². The fourth-order valence-corrected chi connectivity index (χ4v) is 0.451. The maximum atomic E-state index is 10.5. The van der Waals surface area contributed by atoms with Crippen LogP contribution in [0.25, 0.3) is 0 Å². The summed E-state index contributed by atoms with van der Waals surface area (Å²) in [4.78, 5) is 30.6. The van der Waals surface area contributed by atoms with Gasteiger partial charge in [-0.1, -0.05) is 0 Å². The lowest BCUT2D eigenvalue weighted by Gasteiger charge is -1.86. The smallest absolute Gasteiger partial charge is 0.380 e. The number of carboxylic acid groups (broad SMARTS) is 1. The Bertz CT molecular complexity index is 202. The Morgan fingerprint density at radius 1 is 1.40 bits per heavy atom. The molecule has 0 aromatic rings. The van der Waals surface area contributed by atoms with Gasteiger partial charge in [0.15, 0.2) is 0 Å². The summed E-state index contributed by atoms with van der Waals surface area (Å²) in [5, 5.41) is 8.00. The van der Waals surface area contributed by atoms with Crippen molar-refractivity contribution in [3.05, 3.63) is 0 Å². The van der Waals surface area contributed by atoms with E-state index in [2.05, 4.69) is 4.74 Å². The zero-order valence-corrected chi connectivity index (χ0v) is 4.86. The number of Topliss-reactive ketones (excluding diaryl/α,β-unsaturated/α-hetero) is 2. The molecule has 0 bridgehead atoms. The van der Waals surface area contributed by atoms with Crippen molar-refractivity contribution < 1.29 is 24.2 Å². The van der Waals surface area contributed by atoms with Gasteiger partial charge in [0.2, 0.25) is 5.78 Å². The van der Waals surface area contributed by atoms with Gasteiger partial charge in [-0.25, -0.2) is 4.79 Å². The van der Waals surface area contributed by atoms with Crippen LogP contribution in [0.15, 0.2) is 0 Å². The number of aliphatic carboxylic acids is 1. The summed E-state index contributed by atoms with van der Waals surface area (Å²) in [5.74, 6) is -4.09. The molecule has 0 amide bonds. The van der Waals surface area contributed by atoms with E-state index in [0.29, 0.717) is 0 Å². The molecule has 0 saturated carbocycles. The maximum absolute atomic E-state index is 10.5. The van der Waals surface area contributed by atoms with Crippen molar-refractivity contribution >= 4 is 17.5 Å². The lowest BCUT2D eigenvalue weighted by atomic mass is 10.2. The van der Waals surface area contributed by atoms with Crippen LogP contribution in [0.5, 0.6) is 0 Å². The van der Waals surface area contributed by atoms with Crippen LogP contribution in [0, 0.1) is 0 Å². The lowest BCUT2D eigenvalue weighted by Crippen LogP contribution is -2.27. The first kappa shape index (κ1) is 6.88. The molecule has 1 aliphatic rings. The van der Waals surface area contributed by atoms with Gasteiger partial charge in [0, 0.05) is 0 Å². The molecule has 5 heteroatoms. The average molecular weight is 144 g/mol. The third kappa shape index (κ3) is 1.19. The van der Waals surface area contributed by atoms with Crippen molar-refractivity contribution in [1.82, 2.24) is 0 Å². The number of carbonyl (C=O) groups excluding carboxylic acids is 2. The average Bonchev–Trinajstić information content (AvgIpc) is 2.65. The van der Waals surface area contributed by atoms with E-state index < -0.39 is 23.6 Å². The molecule has 1 N–H and O–H groups in total. The number of rotatable bonds is 3. The highest BCUT2D eigenvalue weighted by molar-refractivity contribution is 6.62. The molecule has 0 aromatic heterocycles. The van der Waals surface area contributed by atoms with E-state index >= 15 is 0 Å². The lowest BCUT2D eigenvalue weighted by molar-refractivity contribution is -0.153. The number of carbonyl (C=O) groups is 3. The zero-order chi connectivity index (χ0) is 7.72. The van der Waals surface area contributed by atoms with Crippen LogP contribution in [0.3, 0.4) is 0 Å². The summed E-state index contributed by atoms with van der Waals surface area (Å²) in [6, 6.07) is 0. The normalized spacial score (nSPS) is 21.8. The SMILES string of the molecule is O=C(O)C(=O)C(=O)C1CO1. The van der Waals surface area contributed by atoms with Crippen molar-refractivity contribution in [1.29, 1.82) is 0 Å². The molecule has 1 atom stereocenters. The summed E-state index contributed by atoms with van der Waals surface area (Å²) >= 11 is 0. The highest BCUT2D eigenvalue weighted by Crippen LogP contribution is 2.09. The molecule has 0 aliphatic carbocycles. The molecular formula is C5H4O5. The second kappa shape index (κ2) is 2.18. The largest absolute Gasteiger partial charge is 0.475 e. The van der Waals surface area contributed by atoms with Crippen molar-refractivity contribution in [2.45, 2.75) is 6.10 Å².